The second kappa shape index (κ2) is 5.88. The van der Waals surface area contributed by atoms with Gasteiger partial charge >= 0.3 is 0 Å². The Labute approximate surface area is 127 Å². The third kappa shape index (κ3) is 2.67. The van der Waals surface area contributed by atoms with E-state index in [9.17, 15) is 4.39 Å². The van der Waals surface area contributed by atoms with E-state index in [4.69, 9.17) is 16.0 Å². The number of furan rings is 1. The Bertz CT molecular complexity index is 768. The van der Waals surface area contributed by atoms with Gasteiger partial charge in [-0.05, 0) is 30.3 Å². The molecule has 1 N–H and O–H groups in total. The largest absolute Gasteiger partial charge is 0.456 e. The maximum Gasteiger partial charge on any atom is 0.169 e. The Hall–Kier alpha value is -1.84. The molecule has 0 bridgehead atoms. The van der Waals surface area contributed by atoms with Gasteiger partial charge in [-0.25, -0.2) is 4.39 Å². The molecule has 3 rings (SSSR count). The van der Waals surface area contributed by atoms with Crippen molar-refractivity contribution in [2.24, 2.45) is 0 Å². The van der Waals surface area contributed by atoms with Gasteiger partial charge in [-0.2, -0.15) is 0 Å². The van der Waals surface area contributed by atoms with E-state index >= 15 is 0 Å². The van der Waals surface area contributed by atoms with Crippen molar-refractivity contribution in [3.63, 3.8) is 0 Å². The molecular formula is C17H15ClFNO. The first-order chi connectivity index (χ1) is 10.2. The average molecular weight is 304 g/mol. The van der Waals surface area contributed by atoms with Crippen molar-refractivity contribution in [1.82, 2.24) is 5.32 Å². The molecule has 1 heterocycles. The fraction of sp³-hybridized carbons (Fsp3) is 0.176. The molecule has 1 atom stereocenters. The molecular weight excluding hydrogens is 289 g/mol. The Morgan fingerprint density at radius 3 is 2.71 bits per heavy atom. The molecule has 0 aliphatic carbocycles. The zero-order valence-electron chi connectivity index (χ0n) is 11.6. The van der Waals surface area contributed by atoms with Gasteiger partial charge in [-0.1, -0.05) is 48.9 Å². The highest BCUT2D eigenvalue weighted by Crippen LogP contribution is 2.32. The molecule has 0 radical (unpaired) electrons. The van der Waals surface area contributed by atoms with Crippen LogP contribution >= 0.6 is 11.6 Å². The number of fused-ring (bicyclic) bond motifs is 1. The summed E-state index contributed by atoms with van der Waals surface area (Å²) in [6.07, 6.45) is 0. The Morgan fingerprint density at radius 2 is 2.00 bits per heavy atom. The Morgan fingerprint density at radius 1 is 1.19 bits per heavy atom. The molecule has 1 unspecified atom stereocenters. The lowest BCUT2D eigenvalue weighted by atomic mass is 10.0. The van der Waals surface area contributed by atoms with Gasteiger partial charge in [-0.15, -0.1) is 0 Å². The molecule has 0 aliphatic heterocycles. The quantitative estimate of drug-likeness (QED) is 0.739. The van der Waals surface area contributed by atoms with Crippen LogP contribution in [0.5, 0.6) is 0 Å². The normalized spacial score (nSPS) is 12.7. The summed E-state index contributed by atoms with van der Waals surface area (Å²) < 4.78 is 19.5. The number of hydrogen-bond acceptors (Lipinski definition) is 2. The number of rotatable bonds is 4. The van der Waals surface area contributed by atoms with E-state index in [1.165, 1.54) is 6.07 Å². The minimum absolute atomic E-state index is 0.199. The third-order valence-electron chi connectivity index (χ3n) is 3.42. The predicted octanol–water partition coefficient (Wildman–Crippen LogP) is 4.92. The summed E-state index contributed by atoms with van der Waals surface area (Å²) >= 11 is 6.28. The van der Waals surface area contributed by atoms with Crippen LogP contribution < -0.4 is 5.32 Å². The summed E-state index contributed by atoms with van der Waals surface area (Å²) in [5, 5.41) is 4.74. The summed E-state index contributed by atoms with van der Waals surface area (Å²) in [6, 6.07) is 14.2. The standard InChI is InChI=1S/C17H15ClFNO/c1-2-20-16(12-7-3-4-8-13(12)18)15-10-11-6-5-9-14(19)17(11)21-15/h3-10,16,20H,2H2,1H3. The van der Waals surface area contributed by atoms with Gasteiger partial charge in [0.1, 0.15) is 5.76 Å². The zero-order chi connectivity index (χ0) is 14.8. The van der Waals surface area contributed by atoms with Crippen LogP contribution in [0.3, 0.4) is 0 Å². The van der Waals surface area contributed by atoms with Crippen LogP contribution in [-0.4, -0.2) is 6.54 Å². The highest BCUT2D eigenvalue weighted by molar-refractivity contribution is 6.31. The molecule has 2 aromatic carbocycles. The van der Waals surface area contributed by atoms with Crippen LogP contribution in [0, 0.1) is 5.82 Å². The Balaban J connectivity index is 2.11. The van der Waals surface area contributed by atoms with Crippen molar-refractivity contribution in [3.8, 4) is 0 Å². The molecule has 2 nitrogen and oxygen atoms in total. The topological polar surface area (TPSA) is 25.2 Å². The van der Waals surface area contributed by atoms with Gasteiger partial charge in [0.25, 0.3) is 0 Å². The lowest BCUT2D eigenvalue weighted by molar-refractivity contribution is 0.465. The molecule has 108 valence electrons. The second-order valence-electron chi connectivity index (χ2n) is 4.82. The number of benzene rings is 2. The molecule has 0 spiro atoms. The van der Waals surface area contributed by atoms with Crippen LogP contribution in [0.2, 0.25) is 5.02 Å². The number of hydrogen-bond donors (Lipinski definition) is 1. The summed E-state index contributed by atoms with van der Waals surface area (Å²) in [4.78, 5) is 0. The summed E-state index contributed by atoms with van der Waals surface area (Å²) in [6.45, 7) is 2.75. The van der Waals surface area contributed by atoms with Crippen LogP contribution in [-0.2, 0) is 0 Å². The first kappa shape index (κ1) is 14.1. The Kier molecular flexibility index (Phi) is 3.95. The van der Waals surface area contributed by atoms with E-state index in [0.717, 1.165) is 17.5 Å². The van der Waals surface area contributed by atoms with E-state index in [-0.39, 0.29) is 17.4 Å². The fourth-order valence-corrected chi connectivity index (χ4v) is 2.71. The third-order valence-corrected chi connectivity index (χ3v) is 3.77. The van der Waals surface area contributed by atoms with Crippen molar-refractivity contribution in [2.45, 2.75) is 13.0 Å². The van der Waals surface area contributed by atoms with Gasteiger partial charge in [0.05, 0.1) is 6.04 Å². The predicted molar refractivity (Wildman–Crippen MR) is 83.1 cm³/mol. The molecule has 0 amide bonds. The summed E-state index contributed by atoms with van der Waals surface area (Å²) in [5.74, 6) is 0.304. The summed E-state index contributed by atoms with van der Waals surface area (Å²) in [5.41, 5.74) is 1.20. The van der Waals surface area contributed by atoms with E-state index in [2.05, 4.69) is 5.32 Å². The molecule has 3 aromatic rings. The number of nitrogens with one attached hydrogen (secondary N) is 1. The molecule has 21 heavy (non-hydrogen) atoms. The van der Waals surface area contributed by atoms with Crippen LogP contribution in [0.15, 0.2) is 52.9 Å². The van der Waals surface area contributed by atoms with E-state index in [0.29, 0.717) is 10.8 Å². The number of halogens is 2. The fourth-order valence-electron chi connectivity index (χ4n) is 2.47. The monoisotopic (exact) mass is 303 g/mol. The van der Waals surface area contributed by atoms with Gasteiger partial charge in [-0.3, -0.25) is 0 Å². The molecule has 4 heteroatoms. The highest BCUT2D eigenvalue weighted by atomic mass is 35.5. The lowest BCUT2D eigenvalue weighted by Crippen LogP contribution is -2.21. The lowest BCUT2D eigenvalue weighted by Gasteiger charge is -2.17. The smallest absolute Gasteiger partial charge is 0.169 e. The van der Waals surface area contributed by atoms with Gasteiger partial charge in [0, 0.05) is 10.4 Å². The minimum atomic E-state index is -0.354. The molecule has 0 fully saturated rings. The highest BCUT2D eigenvalue weighted by Gasteiger charge is 2.20. The van der Waals surface area contributed by atoms with Crippen LogP contribution in [0.1, 0.15) is 24.3 Å². The molecule has 0 saturated heterocycles. The maximum atomic E-state index is 13.8. The second-order valence-corrected chi connectivity index (χ2v) is 5.23. The van der Waals surface area contributed by atoms with Crippen molar-refractivity contribution >= 4 is 22.6 Å². The van der Waals surface area contributed by atoms with Gasteiger partial charge < -0.3 is 9.73 Å². The minimum Gasteiger partial charge on any atom is -0.456 e. The summed E-state index contributed by atoms with van der Waals surface area (Å²) in [7, 11) is 0. The SMILES string of the molecule is CCNC(c1cc2cccc(F)c2o1)c1ccccc1Cl. The first-order valence-corrected chi connectivity index (χ1v) is 7.24. The molecule has 0 aliphatic rings. The van der Waals surface area contributed by atoms with E-state index in [1.54, 1.807) is 6.07 Å². The van der Waals surface area contributed by atoms with Gasteiger partial charge in [0.2, 0.25) is 0 Å². The number of para-hydroxylation sites is 1. The van der Waals surface area contributed by atoms with Crippen LogP contribution in [0.4, 0.5) is 4.39 Å². The molecule has 0 saturated carbocycles. The van der Waals surface area contributed by atoms with Crippen molar-refractivity contribution in [1.29, 1.82) is 0 Å². The van der Waals surface area contributed by atoms with Crippen LogP contribution in [0.25, 0.3) is 11.0 Å². The van der Waals surface area contributed by atoms with E-state index < -0.39 is 0 Å². The van der Waals surface area contributed by atoms with E-state index in [1.807, 2.05) is 43.3 Å². The zero-order valence-corrected chi connectivity index (χ0v) is 12.3. The van der Waals surface area contributed by atoms with Crippen molar-refractivity contribution in [3.05, 3.63) is 70.7 Å². The average Bonchev–Trinajstić information content (AvgIpc) is 2.91. The van der Waals surface area contributed by atoms with Crippen molar-refractivity contribution in [2.75, 3.05) is 6.54 Å². The van der Waals surface area contributed by atoms with Gasteiger partial charge in [0.15, 0.2) is 11.4 Å². The van der Waals surface area contributed by atoms with Crippen molar-refractivity contribution < 1.29 is 8.81 Å². The molecule has 1 aromatic heterocycles. The maximum absolute atomic E-state index is 13.8. The first-order valence-electron chi connectivity index (χ1n) is 6.86.